The van der Waals surface area contributed by atoms with Crippen molar-refractivity contribution in [1.82, 2.24) is 4.42 Å². The Morgan fingerprint density at radius 2 is 1.91 bits per heavy atom. The van der Waals surface area contributed by atoms with Crippen molar-refractivity contribution in [2.24, 2.45) is 0 Å². The molecule has 0 aromatic heterocycles. The normalized spacial score (nSPS) is 35.3. The molecule has 0 spiro atoms. The molecule has 0 amide bonds. The maximum absolute atomic E-state index is 5.86. The van der Waals surface area contributed by atoms with Gasteiger partial charge in [-0.25, -0.2) is 4.42 Å². The third-order valence-electron chi connectivity index (χ3n) is 2.27. The quantitative estimate of drug-likeness (QED) is 0.459. The number of halogens is 1. The molecule has 2 heteroatoms. The Morgan fingerprint density at radius 1 is 1.36 bits per heavy atom. The van der Waals surface area contributed by atoms with Gasteiger partial charge in [0.15, 0.2) is 0 Å². The van der Waals surface area contributed by atoms with Crippen LogP contribution in [0, 0.1) is 0 Å². The second kappa shape index (κ2) is 2.23. The van der Waals surface area contributed by atoms with Gasteiger partial charge in [-0.3, -0.25) is 0 Å². The summed E-state index contributed by atoms with van der Waals surface area (Å²) in [4.78, 5) is 0. The van der Waals surface area contributed by atoms with E-state index >= 15 is 0 Å². The average molecular weight is 168 g/mol. The van der Waals surface area contributed by atoms with Gasteiger partial charge < -0.3 is 0 Å². The van der Waals surface area contributed by atoms with Crippen molar-refractivity contribution in [2.75, 3.05) is 6.54 Å². The van der Waals surface area contributed by atoms with Crippen LogP contribution in [0.2, 0.25) is 0 Å². The largest absolute Gasteiger partial charge is 0.206 e. The molecule has 58 valence electrons. The van der Waals surface area contributed by atoms with E-state index in [1.54, 1.807) is 0 Å². The zero-order valence-electron chi connectivity index (χ0n) is 6.42. The molecule has 2 atom stereocenters. The lowest BCUT2D eigenvalue weighted by Gasteiger charge is -2.07. The first-order valence-electron chi connectivity index (χ1n) is 3.72. The van der Waals surface area contributed by atoms with Crippen LogP contribution in [-0.4, -0.2) is 11.0 Å². The predicted octanol–water partition coefficient (Wildman–Crippen LogP) is 2.37. The molecule has 1 fully saturated rings. The first kappa shape index (κ1) is 7.14. The molecule has 1 aromatic carbocycles. The number of benzene rings is 1. The molecule has 2 rings (SSSR count). The van der Waals surface area contributed by atoms with Gasteiger partial charge in [-0.15, -0.1) is 0 Å². The molecule has 1 aliphatic heterocycles. The molecule has 1 heterocycles. The molecular formula is C9H10ClN. The first-order chi connectivity index (χ1) is 5.23. The lowest BCUT2D eigenvalue weighted by atomic mass is 10.0. The molecule has 0 bridgehead atoms. The lowest BCUT2D eigenvalue weighted by Crippen LogP contribution is -2.05. The Hall–Kier alpha value is -0.530. The SMILES string of the molecule is CC1(c2ccccc2)CN1Cl. The van der Waals surface area contributed by atoms with E-state index in [1.807, 2.05) is 22.6 Å². The monoisotopic (exact) mass is 167 g/mol. The number of nitrogens with zero attached hydrogens (tertiary/aromatic N) is 1. The third-order valence-corrected chi connectivity index (χ3v) is 2.77. The Balaban J connectivity index is 2.32. The van der Waals surface area contributed by atoms with Gasteiger partial charge in [0, 0.05) is 6.54 Å². The van der Waals surface area contributed by atoms with Crippen molar-refractivity contribution < 1.29 is 0 Å². The van der Waals surface area contributed by atoms with Crippen molar-refractivity contribution in [3.63, 3.8) is 0 Å². The molecule has 1 saturated heterocycles. The standard InChI is InChI=1S/C9H10ClN/c1-9(7-11(9)10)8-5-3-2-4-6-8/h2-6H,7H2,1H3. The lowest BCUT2D eigenvalue weighted by molar-refractivity contribution is 0.631. The van der Waals surface area contributed by atoms with Crippen LogP contribution in [0.1, 0.15) is 12.5 Å². The Labute approximate surface area is 71.7 Å². The van der Waals surface area contributed by atoms with Crippen molar-refractivity contribution in [2.45, 2.75) is 12.5 Å². The average Bonchev–Trinajstić information content (AvgIpc) is 2.64. The van der Waals surface area contributed by atoms with Crippen molar-refractivity contribution in [3.8, 4) is 0 Å². The second-order valence-electron chi connectivity index (χ2n) is 3.16. The van der Waals surface area contributed by atoms with Gasteiger partial charge in [0.25, 0.3) is 0 Å². The van der Waals surface area contributed by atoms with Crippen molar-refractivity contribution in [3.05, 3.63) is 35.9 Å². The van der Waals surface area contributed by atoms with E-state index in [9.17, 15) is 0 Å². The van der Waals surface area contributed by atoms with E-state index in [0.717, 1.165) is 6.54 Å². The van der Waals surface area contributed by atoms with E-state index in [2.05, 4.69) is 19.1 Å². The first-order valence-corrected chi connectivity index (χ1v) is 4.06. The van der Waals surface area contributed by atoms with E-state index in [0.29, 0.717) is 0 Å². The Kier molecular flexibility index (Phi) is 1.44. The summed E-state index contributed by atoms with van der Waals surface area (Å²) in [6.45, 7) is 3.11. The Morgan fingerprint density at radius 3 is 2.36 bits per heavy atom. The smallest absolute Gasteiger partial charge is 0.0723 e. The summed E-state index contributed by atoms with van der Waals surface area (Å²) in [5.74, 6) is 0. The Bertz CT molecular complexity index is 260. The van der Waals surface area contributed by atoms with Gasteiger partial charge >= 0.3 is 0 Å². The third kappa shape index (κ3) is 1.05. The minimum Gasteiger partial charge on any atom is -0.206 e. The van der Waals surface area contributed by atoms with Crippen LogP contribution in [0.15, 0.2) is 30.3 Å². The predicted molar refractivity (Wildman–Crippen MR) is 46.4 cm³/mol. The minimum absolute atomic E-state index is 0.100. The molecule has 1 aromatic rings. The van der Waals surface area contributed by atoms with Gasteiger partial charge in [0.1, 0.15) is 0 Å². The summed E-state index contributed by atoms with van der Waals surface area (Å²) in [7, 11) is 0. The van der Waals surface area contributed by atoms with Crippen molar-refractivity contribution >= 4 is 11.8 Å². The van der Waals surface area contributed by atoms with Crippen LogP contribution in [0.25, 0.3) is 0 Å². The van der Waals surface area contributed by atoms with Gasteiger partial charge in [-0.1, -0.05) is 30.3 Å². The van der Waals surface area contributed by atoms with Crippen LogP contribution in [0.5, 0.6) is 0 Å². The second-order valence-corrected chi connectivity index (χ2v) is 3.57. The van der Waals surface area contributed by atoms with Crippen molar-refractivity contribution in [1.29, 1.82) is 0 Å². The topological polar surface area (TPSA) is 3.01 Å². The molecule has 0 radical (unpaired) electrons. The molecular weight excluding hydrogens is 158 g/mol. The fraction of sp³-hybridized carbons (Fsp3) is 0.333. The van der Waals surface area contributed by atoms with Crippen LogP contribution in [-0.2, 0) is 5.54 Å². The number of hydrogen-bond acceptors (Lipinski definition) is 1. The molecule has 0 N–H and O–H groups in total. The van der Waals surface area contributed by atoms with Crippen LogP contribution in [0.3, 0.4) is 0 Å². The molecule has 0 aliphatic carbocycles. The van der Waals surface area contributed by atoms with Gasteiger partial charge in [0.2, 0.25) is 0 Å². The minimum atomic E-state index is 0.100. The fourth-order valence-corrected chi connectivity index (χ4v) is 1.59. The molecule has 1 nitrogen and oxygen atoms in total. The van der Waals surface area contributed by atoms with Gasteiger partial charge in [0.05, 0.1) is 5.54 Å². The number of hydrogen-bond donors (Lipinski definition) is 0. The summed E-state index contributed by atoms with van der Waals surface area (Å²) in [6.07, 6.45) is 0. The molecule has 0 saturated carbocycles. The van der Waals surface area contributed by atoms with E-state index < -0.39 is 0 Å². The van der Waals surface area contributed by atoms with E-state index in [1.165, 1.54) is 5.56 Å². The maximum atomic E-state index is 5.86. The highest BCUT2D eigenvalue weighted by molar-refractivity contribution is 6.15. The summed E-state index contributed by atoms with van der Waals surface area (Å²) in [5, 5.41) is 0. The van der Waals surface area contributed by atoms with Gasteiger partial charge in [-0.05, 0) is 24.3 Å². The zero-order valence-corrected chi connectivity index (χ0v) is 7.17. The highest BCUT2D eigenvalue weighted by Gasteiger charge is 2.48. The zero-order chi connectivity index (χ0) is 7.90. The van der Waals surface area contributed by atoms with E-state index in [-0.39, 0.29) is 5.54 Å². The van der Waals surface area contributed by atoms with Gasteiger partial charge in [-0.2, -0.15) is 0 Å². The summed E-state index contributed by atoms with van der Waals surface area (Å²) in [5.41, 5.74) is 1.40. The van der Waals surface area contributed by atoms with Crippen LogP contribution >= 0.6 is 11.8 Å². The molecule has 2 unspecified atom stereocenters. The summed E-state index contributed by atoms with van der Waals surface area (Å²) >= 11 is 5.86. The summed E-state index contributed by atoms with van der Waals surface area (Å²) < 4.78 is 1.82. The summed E-state index contributed by atoms with van der Waals surface area (Å²) in [6, 6.07) is 10.3. The maximum Gasteiger partial charge on any atom is 0.0723 e. The molecule has 1 aliphatic rings. The highest BCUT2D eigenvalue weighted by atomic mass is 35.5. The fourth-order valence-electron chi connectivity index (χ4n) is 1.26. The van der Waals surface area contributed by atoms with E-state index in [4.69, 9.17) is 11.8 Å². The molecule has 11 heavy (non-hydrogen) atoms. The highest BCUT2D eigenvalue weighted by Crippen LogP contribution is 2.43. The number of rotatable bonds is 1. The van der Waals surface area contributed by atoms with Crippen LogP contribution in [0.4, 0.5) is 0 Å². The van der Waals surface area contributed by atoms with Crippen LogP contribution < -0.4 is 0 Å².